The van der Waals surface area contributed by atoms with Crippen LogP contribution in [-0.2, 0) is 14.3 Å². The minimum atomic E-state index is -0.679. The fourth-order valence-corrected chi connectivity index (χ4v) is 9.40. The number of allylic oxidation sites excluding steroid dienone is 4. The fourth-order valence-electron chi connectivity index (χ4n) is 9.40. The lowest BCUT2D eigenvalue weighted by Crippen LogP contribution is -2.45. The van der Waals surface area contributed by atoms with E-state index in [0.29, 0.717) is 25.9 Å². The number of ether oxygens (including phenoxy) is 1. The number of nitrogens with one attached hydrogen (secondary N) is 1. The van der Waals surface area contributed by atoms with E-state index >= 15 is 0 Å². The summed E-state index contributed by atoms with van der Waals surface area (Å²) in [5.41, 5.74) is 0. The Labute approximate surface area is 418 Å². The third-order valence-corrected chi connectivity index (χ3v) is 14.0. The van der Waals surface area contributed by atoms with E-state index < -0.39 is 12.1 Å². The molecular formula is C61H117NO5. The van der Waals surface area contributed by atoms with Crippen molar-refractivity contribution in [1.82, 2.24) is 5.32 Å². The topological polar surface area (TPSA) is 95.9 Å². The summed E-state index contributed by atoms with van der Waals surface area (Å²) in [7, 11) is 0. The molecule has 0 radical (unpaired) electrons. The maximum Gasteiger partial charge on any atom is 0.305 e. The SMILES string of the molecule is CCCCCCCCCCCCCCCCCCCCC(O)C(CO)NC(=O)CCCCCCCC/C=C\C=C/CCCCCOC(=O)CCCCCCCCCCCCCCCCCCC. The summed E-state index contributed by atoms with van der Waals surface area (Å²) in [6.45, 7) is 4.92. The molecule has 2 atom stereocenters. The van der Waals surface area contributed by atoms with Crippen LogP contribution in [0.15, 0.2) is 24.3 Å². The summed E-state index contributed by atoms with van der Waals surface area (Å²) >= 11 is 0. The molecular weight excluding hydrogens is 827 g/mol. The number of aliphatic hydroxyl groups is 2. The average molecular weight is 945 g/mol. The molecule has 6 heteroatoms. The summed E-state index contributed by atoms with van der Waals surface area (Å²) in [6, 6.07) is -0.558. The van der Waals surface area contributed by atoms with Crippen molar-refractivity contribution in [2.75, 3.05) is 13.2 Å². The number of esters is 1. The number of rotatable bonds is 56. The van der Waals surface area contributed by atoms with Gasteiger partial charge in [0.05, 0.1) is 25.4 Å². The summed E-state index contributed by atoms with van der Waals surface area (Å²) in [5.74, 6) is -0.0720. The van der Waals surface area contributed by atoms with E-state index in [9.17, 15) is 19.8 Å². The lowest BCUT2D eigenvalue weighted by atomic mass is 10.0. The molecule has 0 aliphatic rings. The first-order valence-corrected chi connectivity index (χ1v) is 30.1. The first kappa shape index (κ1) is 65.3. The molecule has 0 saturated carbocycles. The molecule has 1 amide bonds. The lowest BCUT2D eigenvalue weighted by molar-refractivity contribution is -0.143. The normalized spacial score (nSPS) is 12.7. The third kappa shape index (κ3) is 53.5. The van der Waals surface area contributed by atoms with Gasteiger partial charge in [0, 0.05) is 12.8 Å². The Hall–Kier alpha value is -1.66. The van der Waals surface area contributed by atoms with Crippen molar-refractivity contribution in [2.45, 2.75) is 341 Å². The molecule has 0 aliphatic carbocycles. The Morgan fingerprint density at radius 2 is 0.731 bits per heavy atom. The number of hydrogen-bond donors (Lipinski definition) is 3. The monoisotopic (exact) mass is 944 g/mol. The molecule has 0 aromatic heterocycles. The van der Waals surface area contributed by atoms with Gasteiger partial charge in [-0.15, -0.1) is 0 Å². The van der Waals surface area contributed by atoms with Crippen LogP contribution in [-0.4, -0.2) is 47.4 Å². The van der Waals surface area contributed by atoms with Crippen LogP contribution in [0.5, 0.6) is 0 Å². The molecule has 0 rings (SSSR count). The zero-order valence-corrected chi connectivity index (χ0v) is 45.1. The number of aliphatic hydroxyl groups excluding tert-OH is 2. The minimum Gasteiger partial charge on any atom is -0.466 e. The number of carbonyl (C=O) groups excluding carboxylic acids is 2. The molecule has 396 valence electrons. The van der Waals surface area contributed by atoms with Gasteiger partial charge in [-0.25, -0.2) is 0 Å². The molecule has 0 aromatic rings. The quantitative estimate of drug-likeness (QED) is 0.0321. The average Bonchev–Trinajstić information content (AvgIpc) is 3.33. The Morgan fingerprint density at radius 1 is 0.418 bits per heavy atom. The molecule has 2 unspecified atom stereocenters. The summed E-state index contributed by atoms with van der Waals surface area (Å²) < 4.78 is 5.46. The summed E-state index contributed by atoms with van der Waals surface area (Å²) in [4.78, 5) is 24.6. The van der Waals surface area contributed by atoms with Gasteiger partial charge in [0.15, 0.2) is 0 Å². The van der Waals surface area contributed by atoms with Gasteiger partial charge in [0.2, 0.25) is 5.91 Å². The fraction of sp³-hybridized carbons (Fsp3) is 0.902. The molecule has 67 heavy (non-hydrogen) atoms. The summed E-state index contributed by atoms with van der Waals surface area (Å²) in [5, 5.41) is 23.3. The molecule has 0 spiro atoms. The number of unbranched alkanes of at least 4 members (excludes halogenated alkanes) is 42. The number of amides is 1. The highest BCUT2D eigenvalue weighted by Gasteiger charge is 2.20. The first-order valence-electron chi connectivity index (χ1n) is 30.1. The van der Waals surface area contributed by atoms with Crippen LogP contribution in [0.25, 0.3) is 0 Å². The molecule has 6 nitrogen and oxygen atoms in total. The Balaban J connectivity index is 3.49. The van der Waals surface area contributed by atoms with Crippen molar-refractivity contribution in [3.8, 4) is 0 Å². The van der Waals surface area contributed by atoms with Crippen LogP contribution in [0.3, 0.4) is 0 Å². The minimum absolute atomic E-state index is 0.0171. The van der Waals surface area contributed by atoms with E-state index in [4.69, 9.17) is 4.74 Å². The molecule has 0 heterocycles. The first-order chi connectivity index (χ1) is 33.0. The van der Waals surface area contributed by atoms with Gasteiger partial charge in [0.25, 0.3) is 0 Å². The second kappa shape index (κ2) is 56.9. The maximum absolute atomic E-state index is 12.5. The summed E-state index contributed by atoms with van der Waals surface area (Å²) in [6.07, 6.45) is 68.9. The van der Waals surface area contributed by atoms with Crippen LogP contribution >= 0.6 is 0 Å². The van der Waals surface area contributed by atoms with E-state index in [2.05, 4.69) is 43.5 Å². The highest BCUT2D eigenvalue weighted by Crippen LogP contribution is 2.18. The highest BCUT2D eigenvalue weighted by atomic mass is 16.5. The van der Waals surface area contributed by atoms with Gasteiger partial charge >= 0.3 is 5.97 Å². The standard InChI is InChI=1S/C61H117NO5/c1-3-5-7-9-11-13-15-17-19-21-23-25-29-33-37-41-45-49-53-59(64)58(57-63)62-60(65)54-50-46-42-38-34-30-26-24-28-32-36-40-44-48-52-56-67-61(66)55-51-47-43-39-35-31-27-22-20-18-16-14-12-10-8-6-4-2/h24,28,32,36,58-59,63-64H,3-23,25-27,29-31,33-35,37-57H2,1-2H3,(H,62,65)/b28-24-,36-32-. The number of hydrogen-bond acceptors (Lipinski definition) is 5. The van der Waals surface area contributed by atoms with Crippen molar-refractivity contribution in [3.63, 3.8) is 0 Å². The van der Waals surface area contributed by atoms with Crippen molar-refractivity contribution >= 4 is 11.9 Å². The van der Waals surface area contributed by atoms with Crippen LogP contribution in [0.2, 0.25) is 0 Å². The van der Waals surface area contributed by atoms with Crippen LogP contribution in [0.4, 0.5) is 0 Å². The van der Waals surface area contributed by atoms with Gasteiger partial charge in [-0.1, -0.05) is 282 Å². The highest BCUT2D eigenvalue weighted by molar-refractivity contribution is 5.76. The van der Waals surface area contributed by atoms with Crippen molar-refractivity contribution in [2.24, 2.45) is 0 Å². The van der Waals surface area contributed by atoms with Crippen molar-refractivity contribution in [3.05, 3.63) is 24.3 Å². The predicted molar refractivity (Wildman–Crippen MR) is 292 cm³/mol. The zero-order chi connectivity index (χ0) is 48.6. The molecule has 0 aliphatic heterocycles. The van der Waals surface area contributed by atoms with Gasteiger partial charge in [0.1, 0.15) is 0 Å². The van der Waals surface area contributed by atoms with Gasteiger partial charge < -0.3 is 20.3 Å². The molecule has 0 bridgehead atoms. The van der Waals surface area contributed by atoms with E-state index in [0.717, 1.165) is 77.0 Å². The van der Waals surface area contributed by atoms with Gasteiger partial charge in [-0.05, 0) is 57.8 Å². The van der Waals surface area contributed by atoms with Crippen molar-refractivity contribution in [1.29, 1.82) is 0 Å². The van der Waals surface area contributed by atoms with Crippen molar-refractivity contribution < 1.29 is 24.5 Å². The van der Waals surface area contributed by atoms with E-state index in [1.54, 1.807) is 0 Å². The smallest absolute Gasteiger partial charge is 0.305 e. The van der Waals surface area contributed by atoms with E-state index in [1.807, 2.05) is 0 Å². The predicted octanol–water partition coefficient (Wildman–Crippen LogP) is 18.6. The van der Waals surface area contributed by atoms with Crippen LogP contribution in [0, 0.1) is 0 Å². The lowest BCUT2D eigenvalue weighted by Gasteiger charge is -2.22. The second-order valence-electron chi connectivity index (χ2n) is 20.7. The Bertz CT molecular complexity index is 1040. The molecule has 0 fully saturated rings. The Kier molecular flexibility index (Phi) is 55.5. The molecule has 0 aromatic carbocycles. The zero-order valence-electron chi connectivity index (χ0n) is 45.1. The van der Waals surface area contributed by atoms with Gasteiger partial charge in [-0.2, -0.15) is 0 Å². The largest absolute Gasteiger partial charge is 0.466 e. The van der Waals surface area contributed by atoms with Gasteiger partial charge in [-0.3, -0.25) is 9.59 Å². The third-order valence-electron chi connectivity index (χ3n) is 14.0. The second-order valence-corrected chi connectivity index (χ2v) is 20.7. The molecule has 3 N–H and O–H groups in total. The van der Waals surface area contributed by atoms with E-state index in [1.165, 1.54) is 218 Å². The van der Waals surface area contributed by atoms with Crippen LogP contribution < -0.4 is 5.32 Å². The number of carbonyl (C=O) groups is 2. The maximum atomic E-state index is 12.5. The van der Waals surface area contributed by atoms with Crippen LogP contribution in [0.1, 0.15) is 328 Å². The van der Waals surface area contributed by atoms with E-state index in [-0.39, 0.29) is 18.5 Å². The Morgan fingerprint density at radius 3 is 1.10 bits per heavy atom. The molecule has 0 saturated heterocycles.